The van der Waals surface area contributed by atoms with Crippen molar-refractivity contribution < 1.29 is 9.90 Å². The Balaban J connectivity index is 0. The van der Waals surface area contributed by atoms with Gasteiger partial charge in [-0.25, -0.2) is 4.79 Å². The van der Waals surface area contributed by atoms with Crippen LogP contribution >= 0.6 is 0 Å². The molecule has 0 unspecified atom stereocenters. The van der Waals surface area contributed by atoms with Crippen LogP contribution in [0.4, 0.5) is 0 Å². The van der Waals surface area contributed by atoms with E-state index in [9.17, 15) is 4.79 Å². The number of carboxylic acids is 1. The van der Waals surface area contributed by atoms with Crippen LogP contribution < -0.4 is 0 Å². The standard InChI is InChI=1S/C8H10O2.C2H6/c1-3-5-7(6-4-2)8(9)10;1-2/h3-6H,1H2,2H3,(H,9,10);1-2H3/b6-4-,7-5+;. The second-order valence-electron chi connectivity index (χ2n) is 1.66. The van der Waals surface area contributed by atoms with Crippen molar-refractivity contribution in [2.24, 2.45) is 0 Å². The molecule has 0 aliphatic rings. The molecular weight excluding hydrogens is 152 g/mol. The van der Waals surface area contributed by atoms with Crippen LogP contribution in [-0.4, -0.2) is 11.1 Å². The normalized spacial score (nSPS) is 10.4. The summed E-state index contributed by atoms with van der Waals surface area (Å²) in [6.07, 6.45) is 6.08. The predicted molar refractivity (Wildman–Crippen MR) is 52.1 cm³/mol. The zero-order valence-corrected chi connectivity index (χ0v) is 7.87. The van der Waals surface area contributed by atoms with E-state index in [0.717, 1.165) is 0 Å². The molecule has 0 saturated heterocycles. The van der Waals surface area contributed by atoms with Crippen LogP contribution in [0.15, 0.2) is 36.5 Å². The number of rotatable bonds is 3. The van der Waals surface area contributed by atoms with Gasteiger partial charge in [-0.3, -0.25) is 0 Å². The van der Waals surface area contributed by atoms with Crippen LogP contribution in [0.3, 0.4) is 0 Å². The van der Waals surface area contributed by atoms with Crippen molar-refractivity contribution in [3.05, 3.63) is 36.5 Å². The van der Waals surface area contributed by atoms with Crippen molar-refractivity contribution in [3.63, 3.8) is 0 Å². The first-order valence-electron chi connectivity index (χ1n) is 3.91. The van der Waals surface area contributed by atoms with Gasteiger partial charge in [0.15, 0.2) is 0 Å². The van der Waals surface area contributed by atoms with Crippen molar-refractivity contribution in [1.29, 1.82) is 0 Å². The first kappa shape index (κ1) is 13.3. The Bertz CT molecular complexity index is 188. The second kappa shape index (κ2) is 9.69. The molecule has 1 N–H and O–H groups in total. The summed E-state index contributed by atoms with van der Waals surface area (Å²) >= 11 is 0. The van der Waals surface area contributed by atoms with Crippen molar-refractivity contribution in [2.45, 2.75) is 20.8 Å². The van der Waals surface area contributed by atoms with Gasteiger partial charge in [-0.1, -0.05) is 38.7 Å². The van der Waals surface area contributed by atoms with Crippen molar-refractivity contribution >= 4 is 5.97 Å². The van der Waals surface area contributed by atoms with Gasteiger partial charge in [0.1, 0.15) is 0 Å². The lowest BCUT2D eigenvalue weighted by Crippen LogP contribution is -1.96. The van der Waals surface area contributed by atoms with Gasteiger partial charge in [-0.15, -0.1) is 0 Å². The molecule has 0 aliphatic heterocycles. The highest BCUT2D eigenvalue weighted by Crippen LogP contribution is 1.96. The van der Waals surface area contributed by atoms with Gasteiger partial charge >= 0.3 is 5.97 Å². The van der Waals surface area contributed by atoms with E-state index in [1.54, 1.807) is 13.0 Å². The Morgan fingerprint density at radius 2 is 1.92 bits per heavy atom. The summed E-state index contributed by atoms with van der Waals surface area (Å²) in [5, 5.41) is 8.47. The van der Waals surface area contributed by atoms with Crippen LogP contribution in [0.1, 0.15) is 20.8 Å². The van der Waals surface area contributed by atoms with E-state index in [2.05, 4.69) is 6.58 Å². The molecule has 0 aromatic heterocycles. The molecule has 0 bridgehead atoms. The van der Waals surface area contributed by atoms with Crippen molar-refractivity contribution in [3.8, 4) is 0 Å². The molecule has 0 spiro atoms. The topological polar surface area (TPSA) is 37.3 Å². The number of carboxylic acid groups (broad SMARTS) is 1. The van der Waals surface area contributed by atoms with Gasteiger partial charge in [0.2, 0.25) is 0 Å². The monoisotopic (exact) mass is 168 g/mol. The first-order chi connectivity index (χ1) is 5.72. The lowest BCUT2D eigenvalue weighted by Gasteiger charge is -1.89. The van der Waals surface area contributed by atoms with Gasteiger partial charge < -0.3 is 5.11 Å². The van der Waals surface area contributed by atoms with E-state index < -0.39 is 5.97 Å². The molecule has 0 rings (SSSR count). The Labute approximate surface area is 73.9 Å². The number of carbonyl (C=O) groups is 1. The first-order valence-corrected chi connectivity index (χ1v) is 3.91. The highest BCUT2D eigenvalue weighted by Gasteiger charge is 1.98. The second-order valence-corrected chi connectivity index (χ2v) is 1.66. The van der Waals surface area contributed by atoms with Crippen LogP contribution in [0.5, 0.6) is 0 Å². The zero-order valence-electron chi connectivity index (χ0n) is 7.87. The average molecular weight is 168 g/mol. The fourth-order valence-electron chi connectivity index (χ4n) is 0.505. The van der Waals surface area contributed by atoms with Crippen LogP contribution in [0.2, 0.25) is 0 Å². The maximum absolute atomic E-state index is 10.3. The Hall–Kier alpha value is -1.31. The lowest BCUT2D eigenvalue weighted by molar-refractivity contribution is -0.132. The third-order valence-corrected chi connectivity index (χ3v) is 0.891. The summed E-state index contributed by atoms with van der Waals surface area (Å²) in [5.41, 5.74) is 0.248. The molecule has 0 radical (unpaired) electrons. The quantitative estimate of drug-likeness (QED) is 0.519. The smallest absolute Gasteiger partial charge is 0.335 e. The summed E-state index contributed by atoms with van der Waals surface area (Å²) in [6, 6.07) is 0. The molecule has 68 valence electrons. The SMILES string of the molecule is C=C/C=C(\C=C/C)C(=O)O.CC. The Morgan fingerprint density at radius 1 is 1.42 bits per heavy atom. The Kier molecular flexibility index (Phi) is 10.7. The average Bonchev–Trinajstić information content (AvgIpc) is 2.08. The number of hydrogen-bond acceptors (Lipinski definition) is 1. The fraction of sp³-hybridized carbons (Fsp3) is 0.300. The summed E-state index contributed by atoms with van der Waals surface area (Å²) in [5.74, 6) is -0.932. The highest BCUT2D eigenvalue weighted by atomic mass is 16.4. The number of aliphatic carboxylic acids is 1. The molecular formula is C10H16O2. The Morgan fingerprint density at radius 3 is 2.17 bits per heavy atom. The molecule has 0 fully saturated rings. The molecule has 0 amide bonds. The van der Waals surface area contributed by atoms with E-state index in [1.807, 2.05) is 13.8 Å². The summed E-state index contributed by atoms with van der Waals surface area (Å²) in [4.78, 5) is 10.3. The third kappa shape index (κ3) is 6.81. The minimum Gasteiger partial charge on any atom is -0.478 e. The zero-order chi connectivity index (χ0) is 9.98. The summed E-state index contributed by atoms with van der Waals surface area (Å²) in [7, 11) is 0. The van der Waals surface area contributed by atoms with E-state index in [4.69, 9.17) is 5.11 Å². The minimum absolute atomic E-state index is 0.248. The maximum atomic E-state index is 10.3. The van der Waals surface area contributed by atoms with Crippen molar-refractivity contribution in [2.75, 3.05) is 0 Å². The van der Waals surface area contributed by atoms with E-state index >= 15 is 0 Å². The van der Waals surface area contributed by atoms with Crippen LogP contribution in [-0.2, 0) is 4.79 Å². The molecule has 2 heteroatoms. The van der Waals surface area contributed by atoms with Gasteiger partial charge in [-0.2, -0.15) is 0 Å². The van der Waals surface area contributed by atoms with Gasteiger partial charge in [-0.05, 0) is 13.0 Å². The molecule has 0 aromatic rings. The molecule has 12 heavy (non-hydrogen) atoms. The molecule has 0 heterocycles. The number of allylic oxidation sites excluding steroid dienone is 3. The molecule has 0 saturated carbocycles. The summed E-state index contributed by atoms with van der Waals surface area (Å²) in [6.45, 7) is 9.16. The molecule has 2 nitrogen and oxygen atoms in total. The largest absolute Gasteiger partial charge is 0.478 e. The molecule has 0 aromatic carbocycles. The number of hydrogen-bond donors (Lipinski definition) is 1. The van der Waals surface area contributed by atoms with E-state index in [-0.39, 0.29) is 5.57 Å². The highest BCUT2D eigenvalue weighted by molar-refractivity contribution is 5.90. The van der Waals surface area contributed by atoms with E-state index in [1.165, 1.54) is 18.2 Å². The lowest BCUT2D eigenvalue weighted by atomic mass is 10.2. The fourth-order valence-corrected chi connectivity index (χ4v) is 0.505. The third-order valence-electron chi connectivity index (χ3n) is 0.891. The van der Waals surface area contributed by atoms with Gasteiger partial charge in [0, 0.05) is 0 Å². The molecule has 0 atom stereocenters. The molecule has 0 aliphatic carbocycles. The minimum atomic E-state index is -0.932. The van der Waals surface area contributed by atoms with Crippen LogP contribution in [0, 0.1) is 0 Å². The summed E-state index contributed by atoms with van der Waals surface area (Å²) < 4.78 is 0. The van der Waals surface area contributed by atoms with Crippen LogP contribution in [0.25, 0.3) is 0 Å². The maximum Gasteiger partial charge on any atom is 0.335 e. The van der Waals surface area contributed by atoms with Gasteiger partial charge in [0.25, 0.3) is 0 Å². The van der Waals surface area contributed by atoms with E-state index in [0.29, 0.717) is 0 Å². The predicted octanol–water partition coefficient (Wildman–Crippen LogP) is 2.79. The van der Waals surface area contributed by atoms with Gasteiger partial charge in [0.05, 0.1) is 5.57 Å². The van der Waals surface area contributed by atoms with Crippen molar-refractivity contribution in [1.82, 2.24) is 0 Å².